The number of amides is 1. The molecule has 0 atom stereocenters. The first-order valence-corrected chi connectivity index (χ1v) is 8.89. The van der Waals surface area contributed by atoms with Gasteiger partial charge in [-0.25, -0.2) is 0 Å². The van der Waals surface area contributed by atoms with E-state index < -0.39 is 10.8 Å². The normalized spacial score (nSPS) is 10.3. The highest BCUT2D eigenvalue weighted by Gasteiger charge is 2.23. The quantitative estimate of drug-likeness (QED) is 0.255. The number of aromatic nitrogens is 2. The number of nitrogens with one attached hydrogen (secondary N) is 1. The number of esters is 1. The molecule has 0 radical (unpaired) electrons. The van der Waals surface area contributed by atoms with Crippen molar-refractivity contribution < 1.29 is 19.2 Å². The van der Waals surface area contributed by atoms with E-state index in [-0.39, 0.29) is 28.1 Å². The number of nitro benzene ring substituents is 1. The summed E-state index contributed by atoms with van der Waals surface area (Å²) in [7, 11) is 0. The van der Waals surface area contributed by atoms with Crippen LogP contribution >= 0.6 is 23.1 Å². The third-order valence-corrected chi connectivity index (χ3v) is 4.86. The summed E-state index contributed by atoms with van der Waals surface area (Å²) in [4.78, 5) is 34.2. The summed E-state index contributed by atoms with van der Waals surface area (Å²) >= 11 is 2.20. The lowest BCUT2D eigenvalue weighted by Gasteiger charge is -2.04. The molecule has 0 aliphatic heterocycles. The summed E-state index contributed by atoms with van der Waals surface area (Å²) in [6, 6.07) is 4.50. The van der Waals surface area contributed by atoms with E-state index in [1.54, 1.807) is 26.0 Å². The fourth-order valence-corrected chi connectivity index (χ4v) is 3.44. The van der Waals surface area contributed by atoms with Gasteiger partial charge in [-0.3, -0.25) is 25.0 Å². The van der Waals surface area contributed by atoms with Crippen molar-refractivity contribution in [2.24, 2.45) is 0 Å². The molecule has 1 amide bonds. The number of para-hydroxylation sites is 1. The van der Waals surface area contributed by atoms with Gasteiger partial charge in [0.2, 0.25) is 5.13 Å². The van der Waals surface area contributed by atoms with Crippen LogP contribution in [0.2, 0.25) is 0 Å². The van der Waals surface area contributed by atoms with Crippen LogP contribution in [-0.4, -0.2) is 39.4 Å². The van der Waals surface area contributed by atoms with E-state index in [1.165, 1.54) is 6.07 Å². The van der Waals surface area contributed by atoms with E-state index >= 15 is 0 Å². The van der Waals surface area contributed by atoms with Crippen molar-refractivity contribution in [2.75, 3.05) is 17.7 Å². The second-order valence-electron chi connectivity index (χ2n) is 4.65. The molecule has 1 aromatic heterocycles. The molecule has 1 N–H and O–H groups in total. The Kier molecular flexibility index (Phi) is 6.42. The highest BCUT2D eigenvalue weighted by atomic mass is 32.2. The van der Waals surface area contributed by atoms with E-state index in [1.807, 2.05) is 0 Å². The lowest BCUT2D eigenvalue weighted by Crippen LogP contribution is -2.14. The number of ether oxygens (including phenoxy) is 1. The molecular weight excluding hydrogens is 368 g/mol. The molecule has 0 aliphatic carbocycles. The molecule has 11 heteroatoms. The summed E-state index contributed by atoms with van der Waals surface area (Å²) in [5, 5.41) is 21.5. The van der Waals surface area contributed by atoms with E-state index in [0.29, 0.717) is 16.5 Å². The minimum absolute atomic E-state index is 0.0547. The first-order chi connectivity index (χ1) is 11.9. The summed E-state index contributed by atoms with van der Waals surface area (Å²) in [6.07, 6.45) is 0. The lowest BCUT2D eigenvalue weighted by molar-refractivity contribution is -0.385. The Hall–Kier alpha value is -2.53. The van der Waals surface area contributed by atoms with Crippen molar-refractivity contribution in [1.82, 2.24) is 10.2 Å². The molecule has 0 spiro atoms. The number of nitrogens with zero attached hydrogens (tertiary/aromatic N) is 3. The first-order valence-electron chi connectivity index (χ1n) is 7.09. The first kappa shape index (κ1) is 18.8. The Bertz CT molecular complexity index is 808. The van der Waals surface area contributed by atoms with E-state index in [4.69, 9.17) is 4.74 Å². The van der Waals surface area contributed by atoms with Crippen molar-refractivity contribution in [1.29, 1.82) is 0 Å². The molecule has 0 saturated carbocycles. The van der Waals surface area contributed by atoms with Crippen molar-refractivity contribution in [2.45, 2.75) is 18.2 Å². The van der Waals surface area contributed by atoms with Gasteiger partial charge in [0.05, 0.1) is 17.3 Å². The standard InChI is InChI=1S/C14H14N4O5S2/c1-3-23-10(19)7-24-14-17-16-13(25-14)15-12(20)9-6-4-5-8(2)11(9)18(21)22/h4-6H,3,7H2,1-2H3,(H,15,16,20). The van der Waals surface area contributed by atoms with Crippen LogP contribution in [0.3, 0.4) is 0 Å². The lowest BCUT2D eigenvalue weighted by atomic mass is 10.1. The Morgan fingerprint density at radius 2 is 2.16 bits per heavy atom. The minimum Gasteiger partial charge on any atom is -0.465 e. The van der Waals surface area contributed by atoms with Crippen molar-refractivity contribution >= 4 is 45.8 Å². The highest BCUT2D eigenvalue weighted by molar-refractivity contribution is 8.01. The molecule has 0 aliphatic rings. The smallest absolute Gasteiger partial charge is 0.316 e. The number of rotatable bonds is 7. The van der Waals surface area contributed by atoms with Gasteiger partial charge in [-0.1, -0.05) is 35.2 Å². The molecule has 2 rings (SSSR count). The number of nitro groups is 1. The van der Waals surface area contributed by atoms with Gasteiger partial charge in [0, 0.05) is 5.56 Å². The molecule has 25 heavy (non-hydrogen) atoms. The molecule has 0 saturated heterocycles. The van der Waals surface area contributed by atoms with Gasteiger partial charge in [-0.2, -0.15) is 0 Å². The summed E-state index contributed by atoms with van der Waals surface area (Å²) < 4.78 is 5.28. The van der Waals surface area contributed by atoms with Gasteiger partial charge in [-0.05, 0) is 19.9 Å². The molecule has 9 nitrogen and oxygen atoms in total. The van der Waals surface area contributed by atoms with Crippen LogP contribution in [-0.2, 0) is 9.53 Å². The number of benzene rings is 1. The van der Waals surface area contributed by atoms with Gasteiger partial charge in [0.15, 0.2) is 4.34 Å². The summed E-state index contributed by atoms with van der Waals surface area (Å²) in [6.45, 7) is 3.57. The Morgan fingerprint density at radius 1 is 1.40 bits per heavy atom. The second-order valence-corrected chi connectivity index (χ2v) is 6.85. The predicted octanol–water partition coefficient (Wildman–Crippen LogP) is 2.66. The third kappa shape index (κ3) is 4.97. The molecule has 1 aromatic carbocycles. The highest BCUT2D eigenvalue weighted by Crippen LogP contribution is 2.28. The molecule has 1 heterocycles. The maximum Gasteiger partial charge on any atom is 0.316 e. The van der Waals surface area contributed by atoms with Crippen LogP contribution in [0.15, 0.2) is 22.5 Å². The van der Waals surface area contributed by atoms with Gasteiger partial charge in [-0.15, -0.1) is 10.2 Å². The van der Waals surface area contributed by atoms with E-state index in [9.17, 15) is 19.7 Å². The Balaban J connectivity index is 2.06. The van der Waals surface area contributed by atoms with Gasteiger partial charge >= 0.3 is 5.97 Å². The summed E-state index contributed by atoms with van der Waals surface area (Å²) in [5.41, 5.74) is 0.0861. The number of carbonyl (C=O) groups excluding carboxylic acids is 2. The minimum atomic E-state index is -0.645. The summed E-state index contributed by atoms with van der Waals surface area (Å²) in [5.74, 6) is -0.933. The zero-order chi connectivity index (χ0) is 18.4. The molecule has 2 aromatic rings. The largest absolute Gasteiger partial charge is 0.465 e. The molecule has 132 valence electrons. The van der Waals surface area contributed by atoms with Crippen LogP contribution in [0.25, 0.3) is 0 Å². The Morgan fingerprint density at radius 3 is 2.84 bits per heavy atom. The molecule has 0 unspecified atom stereocenters. The average Bonchev–Trinajstić information content (AvgIpc) is 3.00. The number of hydrogen-bond acceptors (Lipinski definition) is 9. The van der Waals surface area contributed by atoms with Crippen LogP contribution < -0.4 is 5.32 Å². The topological polar surface area (TPSA) is 124 Å². The van der Waals surface area contributed by atoms with E-state index in [2.05, 4.69) is 15.5 Å². The van der Waals surface area contributed by atoms with Crippen molar-refractivity contribution in [3.05, 3.63) is 39.4 Å². The monoisotopic (exact) mass is 382 g/mol. The average molecular weight is 382 g/mol. The zero-order valence-corrected chi connectivity index (χ0v) is 15.0. The van der Waals surface area contributed by atoms with Crippen molar-refractivity contribution in [3.63, 3.8) is 0 Å². The fourth-order valence-electron chi connectivity index (χ4n) is 1.89. The third-order valence-electron chi connectivity index (χ3n) is 2.91. The maximum absolute atomic E-state index is 12.3. The van der Waals surface area contributed by atoms with Crippen LogP contribution in [0.5, 0.6) is 0 Å². The van der Waals surface area contributed by atoms with Gasteiger partial charge in [0.25, 0.3) is 11.6 Å². The zero-order valence-electron chi connectivity index (χ0n) is 13.3. The predicted molar refractivity (Wildman–Crippen MR) is 93.1 cm³/mol. The number of thioether (sulfide) groups is 1. The van der Waals surface area contributed by atoms with E-state index in [0.717, 1.165) is 23.1 Å². The van der Waals surface area contributed by atoms with Crippen LogP contribution in [0.4, 0.5) is 10.8 Å². The number of carbonyl (C=O) groups is 2. The maximum atomic E-state index is 12.3. The van der Waals surface area contributed by atoms with Crippen molar-refractivity contribution in [3.8, 4) is 0 Å². The number of anilines is 1. The van der Waals surface area contributed by atoms with Gasteiger partial charge in [0.1, 0.15) is 5.56 Å². The number of aryl methyl sites for hydroxylation is 1. The SMILES string of the molecule is CCOC(=O)CSc1nnc(NC(=O)c2cccc(C)c2[N+](=O)[O-])s1. The molecule has 0 bridgehead atoms. The van der Waals surface area contributed by atoms with Crippen LogP contribution in [0, 0.1) is 17.0 Å². The van der Waals surface area contributed by atoms with Gasteiger partial charge < -0.3 is 4.74 Å². The number of hydrogen-bond donors (Lipinski definition) is 1. The Labute approximate surface area is 150 Å². The molecule has 0 fully saturated rings. The van der Waals surface area contributed by atoms with Crippen LogP contribution in [0.1, 0.15) is 22.8 Å². The second kappa shape index (κ2) is 8.53. The fraction of sp³-hybridized carbons (Fsp3) is 0.286. The molecular formula is C14H14N4O5S2.